The Morgan fingerprint density at radius 1 is 1.10 bits per heavy atom. The van der Waals surface area contributed by atoms with Crippen LogP contribution in [0.2, 0.25) is 0 Å². The largest absolute Gasteiger partial charge is 0.351 e. The minimum absolute atomic E-state index is 0.0794. The van der Waals surface area contributed by atoms with Gasteiger partial charge in [0.25, 0.3) is 11.5 Å². The van der Waals surface area contributed by atoms with E-state index in [-0.39, 0.29) is 23.9 Å². The van der Waals surface area contributed by atoms with Crippen molar-refractivity contribution < 1.29 is 9.59 Å². The number of nitrogens with one attached hydrogen (secondary N) is 2. The molecule has 2 N–H and O–H groups in total. The molecule has 0 saturated heterocycles. The number of pyridine rings is 1. The number of hydrogen-bond donors (Lipinski definition) is 2. The first-order valence-corrected chi connectivity index (χ1v) is 9.72. The van der Waals surface area contributed by atoms with Gasteiger partial charge in [-0.3, -0.25) is 18.8 Å². The molecule has 156 valence electrons. The Morgan fingerprint density at radius 2 is 1.87 bits per heavy atom. The minimum Gasteiger partial charge on any atom is -0.351 e. The molecule has 0 saturated carbocycles. The van der Waals surface area contributed by atoms with Gasteiger partial charge in [-0.15, -0.1) is 0 Å². The Bertz CT molecular complexity index is 1090. The minimum atomic E-state index is -0.434. The van der Waals surface area contributed by atoms with E-state index in [1.165, 1.54) is 16.8 Å². The average Bonchev–Trinajstić information content (AvgIpc) is 2.74. The van der Waals surface area contributed by atoms with Gasteiger partial charge in [0.15, 0.2) is 0 Å². The maximum Gasteiger partial charge on any atom is 0.281 e. The number of carbonyl (C=O) groups excluding carboxylic acids is 2. The average molecular weight is 407 g/mol. The van der Waals surface area contributed by atoms with Gasteiger partial charge in [0.1, 0.15) is 11.3 Å². The van der Waals surface area contributed by atoms with Crippen molar-refractivity contribution in [3.63, 3.8) is 0 Å². The maximum absolute atomic E-state index is 12.8. The van der Waals surface area contributed by atoms with Crippen LogP contribution in [0.1, 0.15) is 22.3 Å². The van der Waals surface area contributed by atoms with E-state index in [0.29, 0.717) is 30.7 Å². The van der Waals surface area contributed by atoms with Crippen molar-refractivity contribution in [2.45, 2.75) is 12.8 Å². The molecule has 0 spiro atoms. The van der Waals surface area contributed by atoms with E-state index >= 15 is 0 Å². The normalized spacial score (nSPS) is 10.9. The molecule has 0 aliphatic heterocycles. The maximum atomic E-state index is 12.8. The molecule has 8 nitrogen and oxygen atoms in total. The van der Waals surface area contributed by atoms with Crippen molar-refractivity contribution >= 4 is 23.1 Å². The second-order valence-corrected chi connectivity index (χ2v) is 7.22. The molecule has 8 heteroatoms. The molecule has 30 heavy (non-hydrogen) atoms. The molecule has 3 rings (SSSR count). The fraction of sp³-hybridized carbons (Fsp3) is 0.273. The molecule has 0 aliphatic rings. The van der Waals surface area contributed by atoms with Crippen LogP contribution in [0.4, 0.5) is 5.69 Å². The van der Waals surface area contributed by atoms with Crippen molar-refractivity contribution in [2.24, 2.45) is 0 Å². The van der Waals surface area contributed by atoms with Gasteiger partial charge in [0, 0.05) is 25.7 Å². The number of rotatable bonds is 8. The second kappa shape index (κ2) is 9.80. The van der Waals surface area contributed by atoms with Gasteiger partial charge in [0.2, 0.25) is 5.91 Å². The number of nitrogens with zero attached hydrogens (tertiary/aromatic N) is 3. The molecular weight excluding hydrogens is 382 g/mol. The van der Waals surface area contributed by atoms with Gasteiger partial charge in [-0.1, -0.05) is 30.3 Å². The number of fused-ring (bicyclic) bond motifs is 1. The lowest BCUT2D eigenvalue weighted by Crippen LogP contribution is -2.32. The molecule has 2 amide bonds. The van der Waals surface area contributed by atoms with Crippen LogP contribution in [0, 0.1) is 0 Å². The summed E-state index contributed by atoms with van der Waals surface area (Å²) in [6.07, 6.45) is 3.61. The number of benzene rings is 1. The van der Waals surface area contributed by atoms with Crippen LogP contribution in [0.15, 0.2) is 59.7 Å². The highest BCUT2D eigenvalue weighted by Crippen LogP contribution is 2.07. The number of anilines is 1. The summed E-state index contributed by atoms with van der Waals surface area (Å²) in [5.74, 6) is -0.543. The summed E-state index contributed by atoms with van der Waals surface area (Å²) in [5, 5.41) is 5.43. The molecule has 0 fully saturated rings. The first-order chi connectivity index (χ1) is 14.4. The highest BCUT2D eigenvalue weighted by Gasteiger charge is 2.12. The van der Waals surface area contributed by atoms with Crippen LogP contribution in [-0.4, -0.2) is 53.3 Å². The Balaban J connectivity index is 1.71. The first kappa shape index (κ1) is 21.2. The van der Waals surface area contributed by atoms with Crippen molar-refractivity contribution in [1.29, 1.82) is 0 Å². The van der Waals surface area contributed by atoms with Crippen molar-refractivity contribution in [1.82, 2.24) is 19.6 Å². The highest BCUT2D eigenvalue weighted by atomic mass is 16.2. The van der Waals surface area contributed by atoms with E-state index in [9.17, 15) is 14.4 Å². The SMILES string of the molecule is CN(C)CCNC(=O)c1ccc2ncc(NC(=O)CCc3ccccc3)c(=O)n2c1. The number of likely N-dealkylation sites (N-methyl/N-ethyl adjacent to an activating group) is 1. The summed E-state index contributed by atoms with van der Waals surface area (Å²) >= 11 is 0. The molecule has 0 atom stereocenters. The van der Waals surface area contributed by atoms with Crippen molar-refractivity contribution in [3.8, 4) is 0 Å². The summed E-state index contributed by atoms with van der Waals surface area (Å²) in [4.78, 5) is 43.6. The summed E-state index contributed by atoms with van der Waals surface area (Å²) in [6, 6.07) is 12.9. The third kappa shape index (κ3) is 5.51. The lowest BCUT2D eigenvalue weighted by atomic mass is 10.1. The number of hydrogen-bond acceptors (Lipinski definition) is 5. The quantitative estimate of drug-likeness (QED) is 0.591. The van der Waals surface area contributed by atoms with Gasteiger partial charge < -0.3 is 15.5 Å². The Labute approximate surface area is 174 Å². The zero-order chi connectivity index (χ0) is 21.5. The van der Waals surface area contributed by atoms with Crippen LogP contribution < -0.4 is 16.2 Å². The van der Waals surface area contributed by atoms with E-state index in [1.807, 2.05) is 49.3 Å². The fourth-order valence-electron chi connectivity index (χ4n) is 2.91. The highest BCUT2D eigenvalue weighted by molar-refractivity contribution is 5.94. The predicted octanol–water partition coefficient (Wildman–Crippen LogP) is 1.56. The Morgan fingerprint density at radius 3 is 2.60 bits per heavy atom. The van der Waals surface area contributed by atoms with Crippen LogP contribution in [0.25, 0.3) is 5.65 Å². The molecule has 3 aromatic rings. The van der Waals surface area contributed by atoms with E-state index in [1.54, 1.807) is 12.1 Å². The van der Waals surface area contributed by atoms with E-state index in [0.717, 1.165) is 5.56 Å². The van der Waals surface area contributed by atoms with E-state index < -0.39 is 5.56 Å². The molecule has 0 radical (unpaired) electrons. The number of amides is 2. The summed E-state index contributed by atoms with van der Waals surface area (Å²) in [5.41, 5.74) is 1.43. The van der Waals surface area contributed by atoms with Crippen molar-refractivity contribution in [2.75, 3.05) is 32.5 Å². The molecule has 0 aliphatic carbocycles. The van der Waals surface area contributed by atoms with E-state index in [4.69, 9.17) is 0 Å². The summed E-state index contributed by atoms with van der Waals surface area (Å²) in [6.45, 7) is 1.20. The van der Waals surface area contributed by atoms with Crippen molar-refractivity contribution in [3.05, 3.63) is 76.3 Å². The number of carbonyl (C=O) groups is 2. The van der Waals surface area contributed by atoms with Crippen LogP contribution >= 0.6 is 0 Å². The lowest BCUT2D eigenvalue weighted by Gasteiger charge is -2.11. The van der Waals surface area contributed by atoms with Gasteiger partial charge >= 0.3 is 0 Å². The molecule has 2 heterocycles. The number of aromatic nitrogens is 2. The zero-order valence-electron chi connectivity index (χ0n) is 17.1. The van der Waals surface area contributed by atoms with E-state index in [2.05, 4.69) is 15.6 Å². The number of aryl methyl sites for hydroxylation is 1. The lowest BCUT2D eigenvalue weighted by molar-refractivity contribution is -0.116. The molecule has 1 aromatic carbocycles. The summed E-state index contributed by atoms with van der Waals surface area (Å²) < 4.78 is 1.27. The first-order valence-electron chi connectivity index (χ1n) is 9.72. The zero-order valence-corrected chi connectivity index (χ0v) is 17.1. The smallest absolute Gasteiger partial charge is 0.281 e. The Hall–Kier alpha value is -3.52. The third-order valence-corrected chi connectivity index (χ3v) is 4.57. The predicted molar refractivity (Wildman–Crippen MR) is 116 cm³/mol. The molecule has 0 bridgehead atoms. The van der Waals surface area contributed by atoms with Crippen LogP contribution in [0.3, 0.4) is 0 Å². The van der Waals surface area contributed by atoms with Gasteiger partial charge in [-0.25, -0.2) is 4.98 Å². The topological polar surface area (TPSA) is 95.8 Å². The second-order valence-electron chi connectivity index (χ2n) is 7.22. The van der Waals surface area contributed by atoms with Crippen LogP contribution in [0.5, 0.6) is 0 Å². The molecule has 2 aromatic heterocycles. The summed E-state index contributed by atoms with van der Waals surface area (Å²) in [7, 11) is 3.84. The third-order valence-electron chi connectivity index (χ3n) is 4.57. The Kier molecular flexibility index (Phi) is 6.92. The fourth-order valence-corrected chi connectivity index (χ4v) is 2.91. The standard InChI is InChI=1S/C22H25N5O3/c1-26(2)13-12-23-21(29)17-9-10-19-24-14-18(22(30)27(19)15-17)25-20(28)11-8-16-6-4-3-5-7-16/h3-7,9-10,14-15H,8,11-13H2,1-2H3,(H,23,29)(H,25,28). The molecular formula is C22H25N5O3. The van der Waals surface area contributed by atoms with Gasteiger partial charge in [-0.2, -0.15) is 0 Å². The van der Waals surface area contributed by atoms with Crippen LogP contribution in [-0.2, 0) is 11.2 Å². The molecule has 0 unspecified atom stereocenters. The van der Waals surface area contributed by atoms with Gasteiger partial charge in [-0.05, 0) is 38.2 Å². The van der Waals surface area contributed by atoms with Gasteiger partial charge in [0.05, 0.1) is 11.8 Å². The monoisotopic (exact) mass is 407 g/mol.